The number of hydrogen-bond donors (Lipinski definition) is 0. The highest BCUT2D eigenvalue weighted by atomic mass is 19.1. The zero-order valence-corrected chi connectivity index (χ0v) is 9.26. The third kappa shape index (κ3) is 3.50. The fourth-order valence-electron chi connectivity index (χ4n) is 1.06. The normalized spacial score (nSPS) is 10.9. The maximum Gasteiger partial charge on any atom is 0.167 e. The third-order valence-corrected chi connectivity index (χ3v) is 2.18. The van der Waals surface area contributed by atoms with E-state index in [0.717, 1.165) is 12.1 Å². The van der Waals surface area contributed by atoms with Crippen LogP contribution in [0.4, 0.5) is 8.78 Å². The standard InChI is InChI=1S/C12H13F2NO/c1-12(2,8-15)5-6-16-11-4-3-9(13)7-10(11)14/h3-4,7H,5-6H2,1-2H3. The molecule has 0 unspecified atom stereocenters. The molecular weight excluding hydrogens is 212 g/mol. The van der Waals surface area contributed by atoms with Gasteiger partial charge in [-0.25, -0.2) is 8.78 Å². The summed E-state index contributed by atoms with van der Waals surface area (Å²) < 4.78 is 30.8. The van der Waals surface area contributed by atoms with Gasteiger partial charge in [0.1, 0.15) is 5.82 Å². The molecule has 86 valence electrons. The number of nitrogens with zero attached hydrogens (tertiary/aromatic N) is 1. The lowest BCUT2D eigenvalue weighted by atomic mass is 9.92. The van der Waals surface area contributed by atoms with Crippen LogP contribution in [-0.2, 0) is 0 Å². The van der Waals surface area contributed by atoms with E-state index in [1.54, 1.807) is 13.8 Å². The fourth-order valence-corrected chi connectivity index (χ4v) is 1.06. The van der Waals surface area contributed by atoms with E-state index < -0.39 is 17.0 Å². The quantitative estimate of drug-likeness (QED) is 0.787. The van der Waals surface area contributed by atoms with E-state index >= 15 is 0 Å². The molecule has 0 aromatic heterocycles. The second-order valence-electron chi connectivity index (χ2n) is 4.17. The maximum atomic E-state index is 13.1. The molecule has 0 bridgehead atoms. The van der Waals surface area contributed by atoms with Crippen molar-refractivity contribution in [2.45, 2.75) is 20.3 Å². The number of benzene rings is 1. The van der Waals surface area contributed by atoms with E-state index in [0.29, 0.717) is 6.42 Å². The van der Waals surface area contributed by atoms with Gasteiger partial charge in [0, 0.05) is 6.07 Å². The van der Waals surface area contributed by atoms with Crippen molar-refractivity contribution in [1.29, 1.82) is 5.26 Å². The molecule has 0 saturated heterocycles. The van der Waals surface area contributed by atoms with Gasteiger partial charge in [0.15, 0.2) is 11.6 Å². The Kier molecular flexibility index (Phi) is 3.83. The summed E-state index contributed by atoms with van der Waals surface area (Å²) >= 11 is 0. The Morgan fingerprint density at radius 3 is 2.62 bits per heavy atom. The van der Waals surface area contributed by atoms with Crippen LogP contribution in [0, 0.1) is 28.4 Å². The molecule has 1 aromatic rings. The van der Waals surface area contributed by atoms with Crippen molar-refractivity contribution in [3.05, 3.63) is 29.8 Å². The molecule has 4 heteroatoms. The molecule has 0 amide bonds. The van der Waals surface area contributed by atoms with Crippen molar-refractivity contribution in [3.63, 3.8) is 0 Å². The van der Waals surface area contributed by atoms with Crippen LogP contribution in [-0.4, -0.2) is 6.61 Å². The number of nitriles is 1. The van der Waals surface area contributed by atoms with Crippen molar-refractivity contribution in [1.82, 2.24) is 0 Å². The fraction of sp³-hybridized carbons (Fsp3) is 0.417. The molecule has 0 radical (unpaired) electrons. The predicted octanol–water partition coefficient (Wildman–Crippen LogP) is 3.28. The summed E-state index contributed by atoms with van der Waals surface area (Å²) in [4.78, 5) is 0. The molecule has 0 aliphatic carbocycles. The first-order valence-electron chi connectivity index (χ1n) is 4.94. The molecule has 0 atom stereocenters. The molecule has 0 saturated carbocycles. The topological polar surface area (TPSA) is 33.0 Å². The number of ether oxygens (including phenoxy) is 1. The van der Waals surface area contributed by atoms with Gasteiger partial charge in [-0.1, -0.05) is 0 Å². The molecule has 16 heavy (non-hydrogen) atoms. The van der Waals surface area contributed by atoms with Crippen molar-refractivity contribution in [2.75, 3.05) is 6.61 Å². The smallest absolute Gasteiger partial charge is 0.167 e. The van der Waals surface area contributed by atoms with Gasteiger partial charge in [0.25, 0.3) is 0 Å². The van der Waals surface area contributed by atoms with Crippen molar-refractivity contribution in [3.8, 4) is 11.8 Å². The van der Waals surface area contributed by atoms with Gasteiger partial charge in [-0.05, 0) is 32.4 Å². The minimum absolute atomic E-state index is 0.00939. The summed E-state index contributed by atoms with van der Waals surface area (Å²) in [6.45, 7) is 3.78. The Morgan fingerprint density at radius 2 is 2.06 bits per heavy atom. The van der Waals surface area contributed by atoms with Gasteiger partial charge in [-0.2, -0.15) is 5.26 Å². The monoisotopic (exact) mass is 225 g/mol. The van der Waals surface area contributed by atoms with E-state index in [2.05, 4.69) is 6.07 Å². The summed E-state index contributed by atoms with van der Waals surface area (Å²) in [7, 11) is 0. The Bertz CT molecular complexity index is 410. The van der Waals surface area contributed by atoms with Crippen LogP contribution in [0.1, 0.15) is 20.3 Å². The SMILES string of the molecule is CC(C)(C#N)CCOc1ccc(F)cc1F. The molecule has 1 rings (SSSR count). The number of hydrogen-bond acceptors (Lipinski definition) is 2. The molecule has 0 heterocycles. The average molecular weight is 225 g/mol. The summed E-state index contributed by atoms with van der Waals surface area (Å²) in [5.41, 5.74) is -0.503. The van der Waals surface area contributed by atoms with Crippen LogP contribution >= 0.6 is 0 Å². The molecule has 0 spiro atoms. The zero-order chi connectivity index (χ0) is 12.2. The lowest BCUT2D eigenvalue weighted by Crippen LogP contribution is -2.13. The summed E-state index contributed by atoms with van der Waals surface area (Å²) in [6, 6.07) is 5.26. The van der Waals surface area contributed by atoms with E-state index in [1.165, 1.54) is 6.07 Å². The Hall–Kier alpha value is -1.63. The summed E-state index contributed by atoms with van der Waals surface area (Å²) in [5.74, 6) is -1.35. The molecule has 0 fully saturated rings. The Labute approximate surface area is 93.5 Å². The third-order valence-electron chi connectivity index (χ3n) is 2.18. The van der Waals surface area contributed by atoms with Crippen molar-refractivity contribution >= 4 is 0 Å². The van der Waals surface area contributed by atoms with Crippen LogP contribution < -0.4 is 4.74 Å². The van der Waals surface area contributed by atoms with Gasteiger partial charge < -0.3 is 4.74 Å². The minimum Gasteiger partial charge on any atom is -0.490 e. The molecule has 2 nitrogen and oxygen atoms in total. The Balaban J connectivity index is 2.53. The van der Waals surface area contributed by atoms with Crippen LogP contribution in [0.3, 0.4) is 0 Å². The number of halogens is 2. The minimum atomic E-state index is -0.727. The predicted molar refractivity (Wildman–Crippen MR) is 55.9 cm³/mol. The largest absolute Gasteiger partial charge is 0.490 e. The van der Waals surface area contributed by atoms with E-state index in [-0.39, 0.29) is 12.4 Å². The molecule has 0 N–H and O–H groups in total. The van der Waals surface area contributed by atoms with Crippen LogP contribution in [0.5, 0.6) is 5.75 Å². The summed E-state index contributed by atoms with van der Waals surface area (Å²) in [6.07, 6.45) is 0.486. The van der Waals surface area contributed by atoms with Crippen LogP contribution in [0.25, 0.3) is 0 Å². The average Bonchev–Trinajstić information content (AvgIpc) is 2.21. The second-order valence-corrected chi connectivity index (χ2v) is 4.17. The lowest BCUT2D eigenvalue weighted by molar-refractivity contribution is 0.254. The number of rotatable bonds is 4. The van der Waals surface area contributed by atoms with Crippen molar-refractivity contribution < 1.29 is 13.5 Å². The first kappa shape index (κ1) is 12.4. The van der Waals surface area contributed by atoms with Crippen LogP contribution in [0.15, 0.2) is 18.2 Å². The van der Waals surface area contributed by atoms with E-state index in [4.69, 9.17) is 10.00 Å². The van der Waals surface area contributed by atoms with E-state index in [1.807, 2.05) is 0 Å². The first-order valence-corrected chi connectivity index (χ1v) is 4.94. The zero-order valence-electron chi connectivity index (χ0n) is 9.26. The Morgan fingerprint density at radius 1 is 1.38 bits per heavy atom. The highest BCUT2D eigenvalue weighted by Gasteiger charge is 2.16. The van der Waals surface area contributed by atoms with Gasteiger partial charge >= 0.3 is 0 Å². The van der Waals surface area contributed by atoms with E-state index in [9.17, 15) is 8.78 Å². The first-order chi connectivity index (χ1) is 7.44. The lowest BCUT2D eigenvalue weighted by Gasteiger charge is -2.15. The van der Waals surface area contributed by atoms with Gasteiger partial charge in [0.2, 0.25) is 0 Å². The highest BCUT2D eigenvalue weighted by molar-refractivity contribution is 5.24. The van der Waals surface area contributed by atoms with Crippen LogP contribution in [0.2, 0.25) is 0 Å². The molecule has 0 aliphatic rings. The summed E-state index contributed by atoms with van der Waals surface area (Å²) in [5, 5.41) is 8.75. The van der Waals surface area contributed by atoms with Gasteiger partial charge in [-0.15, -0.1) is 0 Å². The maximum absolute atomic E-state index is 13.1. The van der Waals surface area contributed by atoms with Gasteiger partial charge in [-0.3, -0.25) is 0 Å². The molecule has 1 aromatic carbocycles. The second kappa shape index (κ2) is 4.93. The van der Waals surface area contributed by atoms with Gasteiger partial charge in [0.05, 0.1) is 18.1 Å². The molecular formula is C12H13F2NO. The highest BCUT2D eigenvalue weighted by Crippen LogP contribution is 2.21. The molecule has 0 aliphatic heterocycles. The van der Waals surface area contributed by atoms with Crippen molar-refractivity contribution in [2.24, 2.45) is 5.41 Å².